The Hall–Kier alpha value is 0.170. The predicted molar refractivity (Wildman–Crippen MR) is 127 cm³/mol. The van der Waals surface area contributed by atoms with E-state index >= 15 is 0 Å². The molecular weight excluding hydrogens is 355 g/mol. The fourth-order valence-corrected chi connectivity index (χ4v) is 9.13. The Morgan fingerprint density at radius 2 is 1.79 bits per heavy atom. The minimum absolute atomic E-state index is 0.540. The van der Waals surface area contributed by atoms with Crippen molar-refractivity contribution in [3.05, 3.63) is 11.6 Å². The molecule has 0 saturated heterocycles. The van der Waals surface area contributed by atoms with Gasteiger partial charge in [0.05, 0.1) is 0 Å². The minimum Gasteiger partial charge on any atom is -0.134 e. The summed E-state index contributed by atoms with van der Waals surface area (Å²) in [4.78, 5) is 0. The van der Waals surface area contributed by atoms with Crippen LogP contribution in [0.4, 0.5) is 0 Å². The van der Waals surface area contributed by atoms with Crippen LogP contribution in [0.5, 0.6) is 0 Å². The standard InChI is InChI=1S/C27H47P/c1-18(2)7-6-8-19(3)23-11-12-24-22-10-9-20-17-21(28)13-15-26(20,4)25(22)14-16-27(23,24)5/h9,18-19,21-25H,6-8,10-17,28H2,1-5H3/t19-,21?,22?,23?,24?,25?,26?,27?/m1/s1. The van der Waals surface area contributed by atoms with E-state index < -0.39 is 0 Å². The van der Waals surface area contributed by atoms with Crippen LogP contribution in [0.25, 0.3) is 0 Å². The van der Waals surface area contributed by atoms with Crippen LogP contribution in [0.2, 0.25) is 0 Å². The van der Waals surface area contributed by atoms with Gasteiger partial charge in [0.1, 0.15) is 0 Å². The summed E-state index contributed by atoms with van der Waals surface area (Å²) in [5.41, 5.74) is 3.86. The fraction of sp³-hybridized carbons (Fsp3) is 0.926. The van der Waals surface area contributed by atoms with E-state index in [-0.39, 0.29) is 0 Å². The third-order valence-corrected chi connectivity index (χ3v) is 10.9. The number of fused-ring (bicyclic) bond motifs is 5. The van der Waals surface area contributed by atoms with Crippen molar-refractivity contribution in [2.24, 2.45) is 46.3 Å². The molecule has 4 aliphatic carbocycles. The Labute approximate surface area is 178 Å². The second-order valence-electron chi connectivity index (χ2n) is 12.3. The molecule has 0 radical (unpaired) electrons. The van der Waals surface area contributed by atoms with E-state index in [0.717, 1.165) is 41.2 Å². The van der Waals surface area contributed by atoms with Crippen molar-refractivity contribution in [1.29, 1.82) is 0 Å². The van der Waals surface area contributed by atoms with Gasteiger partial charge in [-0.25, -0.2) is 0 Å². The van der Waals surface area contributed by atoms with Gasteiger partial charge in [-0.05, 0) is 103 Å². The van der Waals surface area contributed by atoms with Crippen molar-refractivity contribution >= 4 is 9.24 Å². The largest absolute Gasteiger partial charge is 0.134 e. The molecule has 9 atom stereocenters. The molecule has 0 heterocycles. The van der Waals surface area contributed by atoms with Crippen molar-refractivity contribution in [1.82, 2.24) is 0 Å². The highest BCUT2D eigenvalue weighted by Crippen LogP contribution is 2.67. The lowest BCUT2D eigenvalue weighted by Gasteiger charge is -2.58. The van der Waals surface area contributed by atoms with E-state index in [2.05, 4.69) is 49.9 Å². The second kappa shape index (κ2) is 8.02. The summed E-state index contributed by atoms with van der Waals surface area (Å²) in [6, 6.07) is 0. The van der Waals surface area contributed by atoms with E-state index in [1.165, 1.54) is 70.6 Å². The van der Waals surface area contributed by atoms with Crippen molar-refractivity contribution in [2.75, 3.05) is 0 Å². The fourth-order valence-electron chi connectivity index (χ4n) is 8.71. The Bertz CT molecular complexity index is 591. The van der Waals surface area contributed by atoms with Gasteiger partial charge >= 0.3 is 0 Å². The molecule has 0 bridgehead atoms. The van der Waals surface area contributed by atoms with Crippen LogP contribution in [0, 0.1) is 46.3 Å². The van der Waals surface area contributed by atoms with E-state index in [9.17, 15) is 0 Å². The van der Waals surface area contributed by atoms with Gasteiger partial charge in [-0.1, -0.05) is 65.5 Å². The monoisotopic (exact) mass is 402 g/mol. The molecule has 4 rings (SSSR count). The molecule has 4 aliphatic rings. The zero-order valence-corrected chi connectivity index (χ0v) is 20.6. The summed E-state index contributed by atoms with van der Waals surface area (Å²) in [5, 5.41) is 0. The van der Waals surface area contributed by atoms with Crippen molar-refractivity contribution < 1.29 is 0 Å². The lowest BCUT2D eigenvalue weighted by molar-refractivity contribution is -0.0497. The number of hydrogen-bond donors (Lipinski definition) is 0. The van der Waals surface area contributed by atoms with Crippen LogP contribution in [0.1, 0.15) is 105 Å². The maximum atomic E-state index is 3.12. The van der Waals surface area contributed by atoms with Gasteiger partial charge in [-0.15, -0.1) is 9.24 Å². The van der Waals surface area contributed by atoms with Gasteiger partial charge in [0.25, 0.3) is 0 Å². The van der Waals surface area contributed by atoms with Crippen LogP contribution < -0.4 is 0 Å². The van der Waals surface area contributed by atoms with E-state index in [1.807, 2.05) is 5.57 Å². The SMILES string of the molecule is CC(C)CCC[C@@H](C)C1CCC2C3CC=C4CC(P)CCC4(C)C3CCC21C. The lowest BCUT2D eigenvalue weighted by Crippen LogP contribution is -2.50. The third kappa shape index (κ3) is 3.57. The number of allylic oxidation sites excluding steroid dienone is 2. The maximum Gasteiger partial charge on any atom is -0.00848 e. The Balaban J connectivity index is 1.49. The highest BCUT2D eigenvalue weighted by atomic mass is 31.0. The number of rotatable bonds is 5. The molecule has 0 aromatic heterocycles. The molecule has 3 saturated carbocycles. The highest BCUT2D eigenvalue weighted by Gasteiger charge is 2.58. The van der Waals surface area contributed by atoms with Gasteiger partial charge in [0, 0.05) is 0 Å². The topological polar surface area (TPSA) is 0 Å². The molecular formula is C27H47P. The molecule has 28 heavy (non-hydrogen) atoms. The number of hydrogen-bond acceptors (Lipinski definition) is 0. The Morgan fingerprint density at radius 3 is 2.54 bits per heavy atom. The maximum absolute atomic E-state index is 3.12. The van der Waals surface area contributed by atoms with E-state index in [0.29, 0.717) is 10.8 Å². The minimum atomic E-state index is 0.540. The average molecular weight is 403 g/mol. The summed E-state index contributed by atoms with van der Waals surface area (Å²) >= 11 is 0. The van der Waals surface area contributed by atoms with E-state index in [4.69, 9.17) is 0 Å². The molecule has 0 N–H and O–H groups in total. The molecule has 1 heteroatoms. The van der Waals surface area contributed by atoms with Gasteiger partial charge in [-0.3, -0.25) is 0 Å². The molecule has 0 spiro atoms. The van der Waals surface area contributed by atoms with Crippen LogP contribution >= 0.6 is 9.24 Å². The second-order valence-corrected chi connectivity index (χ2v) is 13.2. The first-order chi connectivity index (χ1) is 13.3. The molecule has 0 amide bonds. The smallest absolute Gasteiger partial charge is 0.00848 e. The summed E-state index contributed by atoms with van der Waals surface area (Å²) < 4.78 is 0. The Morgan fingerprint density at radius 1 is 1.00 bits per heavy atom. The first kappa shape index (κ1) is 21.4. The van der Waals surface area contributed by atoms with Gasteiger partial charge in [0.2, 0.25) is 0 Å². The highest BCUT2D eigenvalue weighted by molar-refractivity contribution is 7.17. The van der Waals surface area contributed by atoms with Crippen LogP contribution in [0.15, 0.2) is 11.6 Å². The van der Waals surface area contributed by atoms with Crippen LogP contribution in [-0.2, 0) is 0 Å². The first-order valence-corrected chi connectivity index (χ1v) is 13.4. The molecule has 0 nitrogen and oxygen atoms in total. The molecule has 160 valence electrons. The quantitative estimate of drug-likeness (QED) is 0.320. The normalized spacial score (nSPS) is 46.5. The predicted octanol–water partition coefficient (Wildman–Crippen LogP) is 8.27. The summed E-state index contributed by atoms with van der Waals surface area (Å²) in [6.07, 6.45) is 18.8. The van der Waals surface area contributed by atoms with Gasteiger partial charge < -0.3 is 0 Å². The third-order valence-electron chi connectivity index (χ3n) is 10.3. The molecule has 0 aliphatic heterocycles. The van der Waals surface area contributed by atoms with Crippen molar-refractivity contribution in [3.8, 4) is 0 Å². The van der Waals surface area contributed by atoms with Gasteiger partial charge in [0.15, 0.2) is 0 Å². The molecule has 0 aromatic rings. The van der Waals surface area contributed by atoms with Crippen molar-refractivity contribution in [3.63, 3.8) is 0 Å². The zero-order valence-electron chi connectivity index (χ0n) is 19.5. The molecule has 8 unspecified atom stereocenters. The molecule has 3 fully saturated rings. The summed E-state index contributed by atoms with van der Waals surface area (Å²) in [6.45, 7) is 12.8. The van der Waals surface area contributed by atoms with Crippen LogP contribution in [-0.4, -0.2) is 5.66 Å². The lowest BCUT2D eigenvalue weighted by atomic mass is 9.47. The zero-order chi connectivity index (χ0) is 20.1. The first-order valence-electron chi connectivity index (χ1n) is 12.7. The summed E-state index contributed by atoms with van der Waals surface area (Å²) in [5.74, 6) is 5.77. The Kier molecular flexibility index (Phi) is 6.13. The average Bonchev–Trinajstić information content (AvgIpc) is 2.99. The van der Waals surface area contributed by atoms with Crippen LogP contribution in [0.3, 0.4) is 0 Å². The summed E-state index contributed by atoms with van der Waals surface area (Å²) in [7, 11) is 3.12. The van der Waals surface area contributed by atoms with Gasteiger partial charge in [-0.2, -0.15) is 0 Å². The van der Waals surface area contributed by atoms with E-state index in [1.54, 1.807) is 0 Å². The molecule has 0 aromatic carbocycles. The van der Waals surface area contributed by atoms with Crippen molar-refractivity contribution in [2.45, 2.75) is 111 Å².